The number of rotatable bonds is 18. The van der Waals surface area contributed by atoms with E-state index in [1.165, 1.54) is 167 Å². The molecule has 15 aromatic rings. The molecule has 15 aromatic carbocycles. The number of anilines is 6. The van der Waals surface area contributed by atoms with Crippen LogP contribution in [0.15, 0.2) is 340 Å². The van der Waals surface area contributed by atoms with Crippen molar-refractivity contribution in [3.8, 4) is 100 Å². The molecule has 0 radical (unpaired) electrons. The Balaban J connectivity index is 0.696. The van der Waals surface area contributed by atoms with E-state index in [-0.39, 0.29) is 5.41 Å². The minimum absolute atomic E-state index is 0.268. The average Bonchev–Trinajstić information content (AvgIpc) is 0.782. The maximum absolute atomic E-state index is 2.43. The van der Waals surface area contributed by atoms with Crippen molar-refractivity contribution in [2.45, 2.75) is 101 Å². The van der Waals surface area contributed by atoms with Crippen LogP contribution in [-0.4, -0.2) is 0 Å². The summed E-state index contributed by atoms with van der Waals surface area (Å²) in [5.41, 5.74) is 45.5. The fourth-order valence-electron chi connectivity index (χ4n) is 16.9. The fraction of sp³-hybridized carbons (Fsp3) is 0.138. The average molecular weight is 1430 g/mol. The van der Waals surface area contributed by atoms with Crippen LogP contribution in [0, 0.1) is 69.2 Å². The molecule has 0 fully saturated rings. The maximum atomic E-state index is 2.43. The molecule has 0 bridgehead atoms. The highest BCUT2D eigenvalue weighted by Gasteiger charge is 2.26. The Morgan fingerprint density at radius 3 is 0.775 bits per heavy atom. The summed E-state index contributed by atoms with van der Waals surface area (Å²) in [7, 11) is 0. The molecule has 1 aliphatic rings. The lowest BCUT2D eigenvalue weighted by atomic mass is 9.77. The Hall–Kier alpha value is -12.6. The molecule has 2 nitrogen and oxygen atoms in total. The van der Waals surface area contributed by atoms with Gasteiger partial charge in [-0.3, -0.25) is 0 Å². The van der Waals surface area contributed by atoms with Crippen molar-refractivity contribution in [2.75, 3.05) is 9.80 Å². The Labute approximate surface area is 658 Å². The molecule has 0 N–H and O–H groups in total. The predicted molar refractivity (Wildman–Crippen MR) is 477 cm³/mol. The molecular formula is C109H96N2. The summed E-state index contributed by atoms with van der Waals surface area (Å²) >= 11 is 0. The Morgan fingerprint density at radius 1 is 0.207 bits per heavy atom. The van der Waals surface area contributed by atoms with Gasteiger partial charge in [-0.2, -0.15) is 0 Å². The van der Waals surface area contributed by atoms with Gasteiger partial charge in [0.25, 0.3) is 0 Å². The van der Waals surface area contributed by atoms with Gasteiger partial charge in [-0.05, 0) is 277 Å². The van der Waals surface area contributed by atoms with Gasteiger partial charge < -0.3 is 9.80 Å². The number of hydrogen-bond acceptors (Lipinski definition) is 2. The first-order valence-corrected chi connectivity index (χ1v) is 39.3. The van der Waals surface area contributed by atoms with Gasteiger partial charge in [0.2, 0.25) is 0 Å². The topological polar surface area (TPSA) is 6.48 Å². The second kappa shape index (κ2) is 30.8. The Bertz CT molecular complexity index is 5870. The third-order valence-electron chi connectivity index (χ3n) is 22.4. The number of aryl methyl sites for hydroxylation is 10. The van der Waals surface area contributed by atoms with Gasteiger partial charge in [-0.1, -0.05) is 336 Å². The smallest absolute Gasteiger partial charge is 0.0467 e. The molecule has 542 valence electrons. The summed E-state index contributed by atoms with van der Waals surface area (Å²) in [4.78, 5) is 4.87. The van der Waals surface area contributed by atoms with Crippen molar-refractivity contribution < 1.29 is 0 Å². The molecule has 0 spiro atoms. The van der Waals surface area contributed by atoms with Gasteiger partial charge in [0.1, 0.15) is 0 Å². The molecule has 2 heteroatoms. The van der Waals surface area contributed by atoms with Crippen LogP contribution in [0.4, 0.5) is 34.1 Å². The maximum Gasteiger partial charge on any atom is 0.0467 e. The van der Waals surface area contributed by atoms with E-state index in [1.807, 2.05) is 0 Å². The normalized spacial score (nSPS) is 12.1. The minimum Gasteiger partial charge on any atom is -0.310 e. The van der Waals surface area contributed by atoms with E-state index in [0.29, 0.717) is 0 Å². The summed E-state index contributed by atoms with van der Waals surface area (Å²) in [5.74, 6) is 0. The SMILES string of the molecule is Cc1cc(C)cc(-c2ccc(C)cc2-c2cccc(N(c3ccc(-c4ccc(C(C)(C)c5ccc(-c6ccc(N(c7cccc(-c8cc(C)ccc8-c8cc(C)cc(C)c8)c7)c7cccc(-c8cc(C)ccc8-c8cc(C)cc(C)c8)c7)cc6)cc5)cc4)cc3)c3cccc(-c4cc(C)ccc4C4=CCCC=C4)c3)c2)c1. The van der Waals surface area contributed by atoms with Gasteiger partial charge in [-0.15, -0.1) is 0 Å². The van der Waals surface area contributed by atoms with Gasteiger partial charge in [0, 0.05) is 39.5 Å². The van der Waals surface area contributed by atoms with Crippen LogP contribution in [0.25, 0.3) is 106 Å². The molecular weight excluding hydrogens is 1340 g/mol. The first-order valence-electron chi connectivity index (χ1n) is 39.3. The lowest BCUT2D eigenvalue weighted by Gasteiger charge is -2.28. The van der Waals surface area contributed by atoms with Crippen LogP contribution in [0.5, 0.6) is 0 Å². The van der Waals surface area contributed by atoms with Crippen molar-refractivity contribution >= 4 is 39.7 Å². The number of benzene rings is 15. The zero-order chi connectivity index (χ0) is 76.6. The highest BCUT2D eigenvalue weighted by molar-refractivity contribution is 5.94. The number of hydrogen-bond donors (Lipinski definition) is 0. The predicted octanol–water partition coefficient (Wildman–Crippen LogP) is 30.8. The molecule has 111 heavy (non-hydrogen) atoms. The van der Waals surface area contributed by atoms with Gasteiger partial charge in [-0.25, -0.2) is 0 Å². The van der Waals surface area contributed by atoms with Crippen molar-refractivity contribution in [1.29, 1.82) is 0 Å². The Kier molecular flexibility index (Phi) is 20.1. The van der Waals surface area contributed by atoms with E-state index < -0.39 is 0 Å². The van der Waals surface area contributed by atoms with Crippen LogP contribution in [0.1, 0.15) is 99.0 Å². The fourth-order valence-corrected chi connectivity index (χ4v) is 16.9. The van der Waals surface area contributed by atoms with Crippen LogP contribution in [0.3, 0.4) is 0 Å². The molecule has 0 saturated heterocycles. The largest absolute Gasteiger partial charge is 0.310 e. The first kappa shape index (κ1) is 72.6. The van der Waals surface area contributed by atoms with Gasteiger partial charge in [0.15, 0.2) is 0 Å². The van der Waals surface area contributed by atoms with Crippen molar-refractivity contribution in [2.24, 2.45) is 0 Å². The van der Waals surface area contributed by atoms with E-state index >= 15 is 0 Å². The monoisotopic (exact) mass is 1430 g/mol. The standard InChI is InChI=1S/C109H96N2/c1-71-30-50-101(85-20-14-13-15-21-85)105(63-71)86-22-16-26-97(67-86)110(98-27-17-23-87(68-98)106-64-72(2)31-51-102(106)90-57-75(5)54-76(6)58-90)95-46-38-83(39-47-95)81-34-42-93(43-35-81)109(11,12)94-44-36-82(37-45-94)84-40-48-96(49-41-84)111(99-28-18-24-88(69-99)107-65-73(3)32-52-103(107)91-59-77(7)55-78(8)60-91)100-29-19-25-89(70-100)108-66-74(4)33-53-104(108)92-61-79(9)56-80(10)62-92/h14,16-70H,13,15H2,1-12H3. The molecule has 1 aliphatic carbocycles. The summed E-state index contributed by atoms with van der Waals surface area (Å²) < 4.78 is 0. The minimum atomic E-state index is -0.268. The van der Waals surface area contributed by atoms with Gasteiger partial charge in [0.05, 0.1) is 0 Å². The number of allylic oxidation sites excluding steroid dienone is 4. The van der Waals surface area contributed by atoms with Gasteiger partial charge >= 0.3 is 0 Å². The third kappa shape index (κ3) is 15.5. The van der Waals surface area contributed by atoms with E-state index in [2.05, 4.69) is 433 Å². The zero-order valence-corrected chi connectivity index (χ0v) is 66.1. The lowest BCUT2D eigenvalue weighted by Crippen LogP contribution is -2.18. The van der Waals surface area contributed by atoms with Crippen LogP contribution < -0.4 is 9.80 Å². The quantitative estimate of drug-likeness (QED) is 0.0845. The van der Waals surface area contributed by atoms with Crippen molar-refractivity contribution in [3.63, 3.8) is 0 Å². The van der Waals surface area contributed by atoms with Crippen molar-refractivity contribution in [1.82, 2.24) is 0 Å². The van der Waals surface area contributed by atoms with E-state index in [9.17, 15) is 0 Å². The molecule has 0 aliphatic heterocycles. The number of nitrogens with zero attached hydrogens (tertiary/aromatic N) is 2. The summed E-state index contributed by atoms with van der Waals surface area (Å²) in [6.45, 7) is 26.6. The zero-order valence-electron chi connectivity index (χ0n) is 66.1. The summed E-state index contributed by atoms with van der Waals surface area (Å²) in [6.07, 6.45) is 9.12. The molecule has 0 saturated carbocycles. The van der Waals surface area contributed by atoms with Crippen LogP contribution in [-0.2, 0) is 5.41 Å². The Morgan fingerprint density at radius 2 is 0.486 bits per heavy atom. The van der Waals surface area contributed by atoms with Crippen molar-refractivity contribution in [3.05, 3.63) is 412 Å². The summed E-state index contributed by atoms with van der Waals surface area (Å²) in [6, 6.07) is 122. The molecule has 0 amide bonds. The lowest BCUT2D eigenvalue weighted by molar-refractivity contribution is 0.641. The molecule has 0 aromatic heterocycles. The van der Waals surface area contributed by atoms with E-state index in [4.69, 9.17) is 0 Å². The molecule has 0 atom stereocenters. The third-order valence-corrected chi connectivity index (χ3v) is 22.4. The second-order valence-electron chi connectivity index (χ2n) is 31.7. The van der Waals surface area contributed by atoms with Crippen LogP contribution in [0.2, 0.25) is 0 Å². The highest BCUT2D eigenvalue weighted by Crippen LogP contribution is 2.47. The van der Waals surface area contributed by atoms with E-state index in [0.717, 1.165) is 58.1 Å². The second-order valence-corrected chi connectivity index (χ2v) is 31.7. The summed E-state index contributed by atoms with van der Waals surface area (Å²) in [5, 5.41) is 0. The van der Waals surface area contributed by atoms with E-state index in [1.54, 1.807) is 0 Å². The first-order chi connectivity index (χ1) is 53.8. The molecule has 0 unspecified atom stereocenters. The van der Waals surface area contributed by atoms with Crippen LogP contribution >= 0.6 is 0 Å². The molecule has 0 heterocycles. The highest BCUT2D eigenvalue weighted by atomic mass is 15.1. The molecule has 16 rings (SSSR count).